The minimum atomic E-state index is -0.851. The van der Waals surface area contributed by atoms with Crippen LogP contribution >= 0.6 is 0 Å². The van der Waals surface area contributed by atoms with Crippen molar-refractivity contribution in [2.45, 2.75) is 19.9 Å². The van der Waals surface area contributed by atoms with Crippen molar-refractivity contribution in [1.82, 2.24) is 9.97 Å². The number of halogens is 2. The maximum atomic E-state index is 14.4. The van der Waals surface area contributed by atoms with Crippen LogP contribution < -0.4 is 5.32 Å². The lowest BCUT2D eigenvalue weighted by atomic mass is 10.0. The predicted molar refractivity (Wildman–Crippen MR) is 91.5 cm³/mol. The van der Waals surface area contributed by atoms with Crippen LogP contribution in [0.2, 0.25) is 0 Å². The van der Waals surface area contributed by atoms with Gasteiger partial charge in [-0.2, -0.15) is 0 Å². The lowest BCUT2D eigenvalue weighted by Gasteiger charge is -2.06. The summed E-state index contributed by atoms with van der Waals surface area (Å²) in [6, 6.07) is 7.75. The molecule has 0 aliphatic heterocycles. The molecule has 0 aliphatic rings. The first-order valence-electron chi connectivity index (χ1n) is 7.93. The van der Waals surface area contributed by atoms with Gasteiger partial charge in [0.05, 0.1) is 17.8 Å². The lowest BCUT2D eigenvalue weighted by molar-refractivity contribution is 0.103. The Hall–Kier alpha value is -3.02. The molecule has 0 spiro atoms. The Bertz CT molecular complexity index is 891. The van der Waals surface area contributed by atoms with Crippen molar-refractivity contribution in [1.29, 1.82) is 0 Å². The minimum absolute atomic E-state index is 0.217. The summed E-state index contributed by atoms with van der Waals surface area (Å²) in [6.07, 6.45) is 5.19. The highest BCUT2D eigenvalue weighted by atomic mass is 19.1. The van der Waals surface area contributed by atoms with Crippen LogP contribution in [0.25, 0.3) is 0 Å². The number of aromatic nitrogens is 2. The molecule has 0 amide bonds. The number of aryl methyl sites for hydroxylation is 1. The van der Waals surface area contributed by atoms with E-state index in [1.807, 2.05) is 6.07 Å². The van der Waals surface area contributed by atoms with Crippen LogP contribution in [0.3, 0.4) is 0 Å². The molecule has 0 unspecified atom stereocenters. The number of aromatic amines is 1. The van der Waals surface area contributed by atoms with Crippen LogP contribution in [0.1, 0.15) is 34.1 Å². The van der Waals surface area contributed by atoms with Crippen LogP contribution in [0.4, 0.5) is 14.5 Å². The first kappa shape index (κ1) is 16.8. The van der Waals surface area contributed by atoms with E-state index in [1.54, 1.807) is 31.5 Å². The van der Waals surface area contributed by atoms with E-state index in [9.17, 15) is 13.6 Å². The van der Waals surface area contributed by atoms with E-state index in [2.05, 4.69) is 15.3 Å². The molecule has 0 bridgehead atoms. The fourth-order valence-corrected chi connectivity index (χ4v) is 2.56. The molecule has 0 saturated carbocycles. The maximum absolute atomic E-state index is 14.4. The number of pyridine rings is 1. The van der Waals surface area contributed by atoms with Crippen molar-refractivity contribution in [3.63, 3.8) is 0 Å². The number of ketones is 1. The van der Waals surface area contributed by atoms with Crippen LogP contribution in [0, 0.1) is 11.6 Å². The SMILES string of the molecule is CCc1ccc(F)c(C(=O)c2c[nH]c(CNc3cccnc3)c2)c1F. The third kappa shape index (κ3) is 3.57. The van der Waals surface area contributed by atoms with Crippen molar-refractivity contribution in [2.75, 3.05) is 5.32 Å². The number of carbonyl (C=O) groups is 1. The van der Waals surface area contributed by atoms with Gasteiger partial charge in [-0.15, -0.1) is 0 Å². The van der Waals surface area contributed by atoms with Crippen molar-refractivity contribution >= 4 is 11.5 Å². The molecule has 2 N–H and O–H groups in total. The number of rotatable bonds is 6. The number of benzene rings is 1. The maximum Gasteiger partial charge on any atom is 0.200 e. The second-order valence-electron chi connectivity index (χ2n) is 5.59. The zero-order chi connectivity index (χ0) is 17.8. The van der Waals surface area contributed by atoms with Gasteiger partial charge in [0.15, 0.2) is 5.78 Å². The number of nitrogens with one attached hydrogen (secondary N) is 2. The highest BCUT2D eigenvalue weighted by Gasteiger charge is 2.22. The van der Waals surface area contributed by atoms with E-state index in [-0.39, 0.29) is 5.56 Å². The molecule has 2 aromatic heterocycles. The summed E-state index contributed by atoms with van der Waals surface area (Å²) in [5.74, 6) is -2.31. The summed E-state index contributed by atoms with van der Waals surface area (Å²) in [7, 11) is 0. The van der Waals surface area contributed by atoms with Crippen molar-refractivity contribution in [3.05, 3.63) is 82.9 Å². The number of nitrogens with zero attached hydrogens (tertiary/aromatic N) is 1. The first-order chi connectivity index (χ1) is 12.1. The third-order valence-corrected chi connectivity index (χ3v) is 3.93. The molecule has 0 saturated heterocycles. The lowest BCUT2D eigenvalue weighted by Crippen LogP contribution is -2.09. The molecular formula is C19H17F2N3O. The van der Waals surface area contributed by atoms with E-state index in [1.165, 1.54) is 12.3 Å². The van der Waals surface area contributed by atoms with Gasteiger partial charge in [0.25, 0.3) is 0 Å². The van der Waals surface area contributed by atoms with Gasteiger partial charge in [0, 0.05) is 29.8 Å². The number of hydrogen-bond donors (Lipinski definition) is 2. The van der Waals surface area contributed by atoms with Gasteiger partial charge >= 0.3 is 0 Å². The van der Waals surface area contributed by atoms with Crippen LogP contribution in [0.5, 0.6) is 0 Å². The van der Waals surface area contributed by atoms with Crippen LogP contribution in [0.15, 0.2) is 48.9 Å². The van der Waals surface area contributed by atoms with E-state index < -0.39 is 23.0 Å². The Kier molecular flexibility index (Phi) is 4.88. The van der Waals surface area contributed by atoms with E-state index in [0.717, 1.165) is 17.4 Å². The molecule has 4 nitrogen and oxygen atoms in total. The highest BCUT2D eigenvalue weighted by molar-refractivity contribution is 6.09. The van der Waals surface area contributed by atoms with Gasteiger partial charge < -0.3 is 10.3 Å². The van der Waals surface area contributed by atoms with E-state index >= 15 is 0 Å². The van der Waals surface area contributed by atoms with Crippen molar-refractivity contribution in [2.24, 2.45) is 0 Å². The summed E-state index contributed by atoms with van der Waals surface area (Å²) in [4.78, 5) is 19.5. The zero-order valence-electron chi connectivity index (χ0n) is 13.6. The zero-order valence-corrected chi connectivity index (χ0v) is 13.6. The quantitative estimate of drug-likeness (QED) is 0.664. The van der Waals surface area contributed by atoms with Crippen LogP contribution in [-0.4, -0.2) is 15.8 Å². The molecule has 3 rings (SSSR count). The van der Waals surface area contributed by atoms with Gasteiger partial charge in [0.2, 0.25) is 0 Å². The summed E-state index contributed by atoms with van der Waals surface area (Å²) in [6.45, 7) is 2.18. The summed E-state index contributed by atoms with van der Waals surface area (Å²) < 4.78 is 28.3. The van der Waals surface area contributed by atoms with E-state index in [0.29, 0.717) is 18.5 Å². The number of carbonyl (C=O) groups excluding carboxylic acids is 1. The Balaban J connectivity index is 1.79. The number of hydrogen-bond acceptors (Lipinski definition) is 3. The molecule has 128 valence electrons. The average molecular weight is 341 g/mol. The normalized spacial score (nSPS) is 10.7. The smallest absolute Gasteiger partial charge is 0.200 e. The standard InChI is InChI=1S/C19H17F2N3O/c1-2-12-5-6-16(20)17(18(12)21)19(25)13-8-15(23-9-13)11-24-14-4-3-7-22-10-14/h3-10,23-24H,2,11H2,1H3. The topological polar surface area (TPSA) is 57.8 Å². The van der Waals surface area contributed by atoms with Gasteiger partial charge in [-0.25, -0.2) is 8.78 Å². The molecule has 0 aliphatic carbocycles. The fraction of sp³-hybridized carbons (Fsp3) is 0.158. The molecule has 0 radical (unpaired) electrons. The largest absolute Gasteiger partial charge is 0.378 e. The van der Waals surface area contributed by atoms with Gasteiger partial charge in [-0.1, -0.05) is 13.0 Å². The second kappa shape index (κ2) is 7.25. The number of anilines is 1. The summed E-state index contributed by atoms with van der Waals surface area (Å²) >= 11 is 0. The summed E-state index contributed by atoms with van der Waals surface area (Å²) in [5, 5.41) is 3.14. The van der Waals surface area contributed by atoms with Gasteiger partial charge in [-0.05, 0) is 36.2 Å². The summed E-state index contributed by atoms with van der Waals surface area (Å²) in [5.41, 5.74) is 1.58. The molecule has 0 atom stereocenters. The molecule has 0 fully saturated rings. The molecule has 2 heterocycles. The molecule has 3 aromatic rings. The average Bonchev–Trinajstić information content (AvgIpc) is 3.10. The highest BCUT2D eigenvalue weighted by Crippen LogP contribution is 2.21. The Morgan fingerprint density at radius 3 is 2.84 bits per heavy atom. The van der Waals surface area contributed by atoms with Gasteiger partial charge in [0.1, 0.15) is 11.6 Å². The molecule has 25 heavy (non-hydrogen) atoms. The first-order valence-corrected chi connectivity index (χ1v) is 7.93. The Morgan fingerprint density at radius 1 is 1.28 bits per heavy atom. The Labute approximate surface area is 143 Å². The van der Waals surface area contributed by atoms with Crippen molar-refractivity contribution in [3.8, 4) is 0 Å². The number of H-pyrrole nitrogens is 1. The van der Waals surface area contributed by atoms with E-state index in [4.69, 9.17) is 0 Å². The predicted octanol–water partition coefficient (Wildman–Crippen LogP) is 4.09. The fourth-order valence-electron chi connectivity index (χ4n) is 2.56. The monoisotopic (exact) mass is 341 g/mol. The van der Waals surface area contributed by atoms with Crippen molar-refractivity contribution < 1.29 is 13.6 Å². The molecular weight excluding hydrogens is 324 g/mol. The Morgan fingerprint density at radius 2 is 2.12 bits per heavy atom. The minimum Gasteiger partial charge on any atom is -0.378 e. The second-order valence-corrected chi connectivity index (χ2v) is 5.59. The van der Waals surface area contributed by atoms with Crippen LogP contribution in [-0.2, 0) is 13.0 Å². The molecule has 6 heteroatoms. The van der Waals surface area contributed by atoms with Gasteiger partial charge in [-0.3, -0.25) is 9.78 Å². The third-order valence-electron chi connectivity index (χ3n) is 3.93. The molecule has 1 aromatic carbocycles.